The minimum absolute atomic E-state index is 0. The van der Waals surface area contributed by atoms with Crippen molar-refractivity contribution >= 4 is 11.9 Å². The number of carboxylic acid groups (broad SMARTS) is 2. The number of carboxylic acids is 2. The first-order chi connectivity index (χ1) is 3.46. The van der Waals surface area contributed by atoms with Gasteiger partial charge in [0.25, 0.3) is 0 Å². The van der Waals surface area contributed by atoms with E-state index in [-0.39, 0.29) is 33.6 Å². The first kappa shape index (κ1) is 22.5. The van der Waals surface area contributed by atoms with Gasteiger partial charge in [-0.05, 0) is 13.8 Å². The van der Waals surface area contributed by atoms with E-state index >= 15 is 0 Å². The van der Waals surface area contributed by atoms with E-state index < -0.39 is 11.9 Å². The average Bonchev–Trinajstić information content (AvgIpc) is 1.25. The Hall–Kier alpha value is -0.0470. The molecular weight excluding hydrogens is 230 g/mol. The van der Waals surface area contributed by atoms with Crippen molar-refractivity contribution < 1.29 is 53.4 Å². The molecule has 0 atom stereocenters. The van der Waals surface area contributed by atoms with Crippen molar-refractivity contribution in [1.29, 1.82) is 0 Å². The van der Waals surface area contributed by atoms with Crippen molar-refractivity contribution in [1.82, 2.24) is 0 Å². The normalized spacial score (nSPS) is 5.00. The summed E-state index contributed by atoms with van der Waals surface area (Å²) in [6.45, 7) is 1.94. The molecule has 0 aliphatic heterocycles. The summed E-state index contributed by atoms with van der Waals surface area (Å²) in [5.74, 6) is -2.17. The fraction of sp³-hybridized carbons (Fsp3) is 0.500. The van der Waals surface area contributed by atoms with Crippen LogP contribution in [0.5, 0.6) is 0 Å². The molecule has 0 rings (SSSR count). The van der Waals surface area contributed by atoms with E-state index in [0.717, 1.165) is 13.8 Å². The third-order valence-corrected chi connectivity index (χ3v) is 0. The number of hydrogen-bond acceptors (Lipinski definition) is 4. The summed E-state index contributed by atoms with van der Waals surface area (Å²) in [6, 6.07) is 0. The molecule has 0 saturated heterocycles. The molecule has 6 heteroatoms. The molecule has 0 aromatic rings. The Morgan fingerprint density at radius 3 is 0.900 bits per heavy atom. The Bertz CT molecular complexity index is 73.3. The van der Waals surface area contributed by atoms with E-state index in [4.69, 9.17) is 19.8 Å². The van der Waals surface area contributed by atoms with Crippen LogP contribution in [-0.4, -0.2) is 11.9 Å². The third-order valence-electron chi connectivity index (χ3n) is 0. The molecule has 2 radical (unpaired) electrons. The zero-order valence-corrected chi connectivity index (χ0v) is 7.38. The summed E-state index contributed by atoms with van der Waals surface area (Å²) >= 11 is 0. The Morgan fingerprint density at radius 1 is 0.900 bits per heavy atom. The van der Waals surface area contributed by atoms with Crippen LogP contribution in [0.25, 0.3) is 0 Å². The van der Waals surface area contributed by atoms with Gasteiger partial charge in [0.2, 0.25) is 0 Å². The molecule has 10 heavy (non-hydrogen) atoms. The molecule has 4 nitrogen and oxygen atoms in total. The maximum Gasteiger partial charge on any atom is 0.0383 e. The number of hydrogen-bond donors (Lipinski definition) is 0. The van der Waals surface area contributed by atoms with Gasteiger partial charge in [-0.1, -0.05) is 0 Å². The van der Waals surface area contributed by atoms with Crippen molar-refractivity contribution in [2.45, 2.75) is 13.8 Å². The summed E-state index contributed by atoms with van der Waals surface area (Å²) in [5.41, 5.74) is 0. The van der Waals surface area contributed by atoms with Crippen molar-refractivity contribution in [2.24, 2.45) is 0 Å². The molecule has 0 aliphatic rings. The average molecular weight is 236 g/mol. The zero-order chi connectivity index (χ0) is 7.15. The van der Waals surface area contributed by atoms with Gasteiger partial charge in [-0.2, -0.15) is 0 Å². The summed E-state index contributed by atoms with van der Waals surface area (Å²) in [5, 5.41) is 17.8. The Balaban J connectivity index is -0.0000000300. The smallest absolute Gasteiger partial charge is 0.0383 e. The van der Waals surface area contributed by atoms with Crippen LogP contribution in [0.4, 0.5) is 0 Å². The fourth-order valence-corrected chi connectivity index (χ4v) is 0. The van der Waals surface area contributed by atoms with E-state index in [1.807, 2.05) is 0 Å². The molecule has 0 aliphatic carbocycles. The molecular formula is C4H6Co2O4-2. The second kappa shape index (κ2) is 16.0. The van der Waals surface area contributed by atoms with E-state index in [1.54, 1.807) is 0 Å². The first-order valence-electron chi connectivity index (χ1n) is 1.82. The molecule has 0 bridgehead atoms. The minimum Gasteiger partial charge on any atom is -0.550 e. The summed E-state index contributed by atoms with van der Waals surface area (Å²) in [6.07, 6.45) is 0. The molecule has 0 amide bonds. The Labute approximate surface area is 79.4 Å². The second-order valence-corrected chi connectivity index (χ2v) is 0.983. The van der Waals surface area contributed by atoms with Gasteiger partial charge in [-0.3, -0.25) is 0 Å². The van der Waals surface area contributed by atoms with Crippen LogP contribution in [0, 0.1) is 0 Å². The van der Waals surface area contributed by atoms with Crippen LogP contribution in [0.1, 0.15) is 13.8 Å². The number of carbonyl (C=O) groups is 2. The van der Waals surface area contributed by atoms with Crippen LogP contribution in [0.2, 0.25) is 0 Å². The standard InChI is InChI=1S/2C2H4O2.2Co/c2*1-2(3)4;;/h2*1H3,(H,3,4);;/p-2. The molecule has 0 heterocycles. The van der Waals surface area contributed by atoms with Crippen LogP contribution < -0.4 is 10.2 Å². The molecule has 0 fully saturated rings. The van der Waals surface area contributed by atoms with Gasteiger partial charge in [0, 0.05) is 45.5 Å². The quantitative estimate of drug-likeness (QED) is 0.466. The summed E-state index contributed by atoms with van der Waals surface area (Å²) < 4.78 is 0. The summed E-state index contributed by atoms with van der Waals surface area (Å²) in [7, 11) is 0. The van der Waals surface area contributed by atoms with E-state index in [1.165, 1.54) is 0 Å². The number of rotatable bonds is 0. The SMILES string of the molecule is CC(=O)[O-].CC(=O)[O-].[Co].[Co]. The van der Waals surface area contributed by atoms with Gasteiger partial charge in [-0.25, -0.2) is 0 Å². The predicted octanol–water partition coefficient (Wildman–Crippen LogP) is -2.49. The molecule has 0 N–H and O–H groups in total. The van der Waals surface area contributed by atoms with E-state index in [2.05, 4.69) is 0 Å². The molecule has 0 aromatic heterocycles. The van der Waals surface area contributed by atoms with E-state index in [0.29, 0.717) is 0 Å². The molecule has 0 aromatic carbocycles. The molecule has 0 saturated carbocycles. The van der Waals surface area contributed by atoms with Crippen LogP contribution in [0.3, 0.4) is 0 Å². The van der Waals surface area contributed by atoms with Gasteiger partial charge in [0.1, 0.15) is 0 Å². The van der Waals surface area contributed by atoms with Crippen LogP contribution in [-0.2, 0) is 43.1 Å². The second-order valence-electron chi connectivity index (χ2n) is 0.983. The predicted molar refractivity (Wildman–Crippen MR) is 21.4 cm³/mol. The fourth-order valence-electron chi connectivity index (χ4n) is 0. The molecule has 0 spiro atoms. The Morgan fingerprint density at radius 2 is 0.900 bits per heavy atom. The van der Waals surface area contributed by atoms with Gasteiger partial charge >= 0.3 is 0 Å². The van der Waals surface area contributed by atoms with Gasteiger partial charge in [-0.15, -0.1) is 0 Å². The molecule has 66 valence electrons. The monoisotopic (exact) mass is 236 g/mol. The van der Waals surface area contributed by atoms with Crippen molar-refractivity contribution in [3.05, 3.63) is 0 Å². The largest absolute Gasteiger partial charge is 0.550 e. The Kier molecular flexibility index (Phi) is 36.0. The minimum atomic E-state index is -1.08. The molecule has 0 unspecified atom stereocenters. The maximum atomic E-state index is 8.89. The maximum absolute atomic E-state index is 8.89. The zero-order valence-electron chi connectivity index (χ0n) is 5.30. The number of carbonyl (C=O) groups excluding carboxylic acids is 2. The van der Waals surface area contributed by atoms with Crippen molar-refractivity contribution in [3.8, 4) is 0 Å². The number of aliphatic carboxylic acids is 2. The van der Waals surface area contributed by atoms with Crippen molar-refractivity contribution in [2.75, 3.05) is 0 Å². The van der Waals surface area contributed by atoms with Gasteiger partial charge in [0.05, 0.1) is 0 Å². The van der Waals surface area contributed by atoms with Crippen LogP contribution in [0.15, 0.2) is 0 Å². The van der Waals surface area contributed by atoms with Crippen LogP contribution >= 0.6 is 0 Å². The van der Waals surface area contributed by atoms with Gasteiger partial charge < -0.3 is 19.8 Å². The topological polar surface area (TPSA) is 80.3 Å². The van der Waals surface area contributed by atoms with Crippen molar-refractivity contribution in [3.63, 3.8) is 0 Å². The first-order valence-corrected chi connectivity index (χ1v) is 1.82. The third kappa shape index (κ3) is 174000. The van der Waals surface area contributed by atoms with Gasteiger partial charge in [0.15, 0.2) is 0 Å². The van der Waals surface area contributed by atoms with E-state index in [9.17, 15) is 0 Å². The summed E-state index contributed by atoms with van der Waals surface area (Å²) in [4.78, 5) is 17.8.